The summed E-state index contributed by atoms with van der Waals surface area (Å²) in [5, 5.41) is 5.13. The van der Waals surface area contributed by atoms with Gasteiger partial charge in [-0.2, -0.15) is 5.10 Å². The number of halogens is 1. The van der Waals surface area contributed by atoms with E-state index < -0.39 is 0 Å². The molecule has 1 aromatic heterocycles. The third kappa shape index (κ3) is 1.93. The number of aromatic nitrogens is 2. The lowest BCUT2D eigenvalue weighted by Crippen LogP contribution is -2.20. The maximum atomic E-state index is 11.4. The Morgan fingerprint density at radius 1 is 1.47 bits per heavy atom. The molecule has 0 radical (unpaired) electrons. The first-order chi connectivity index (χ1) is 7.09. The Morgan fingerprint density at radius 2 is 2.20 bits per heavy atom. The van der Waals surface area contributed by atoms with E-state index in [0.29, 0.717) is 12.2 Å². The number of carbonyl (C=O) groups is 1. The van der Waals surface area contributed by atoms with Crippen molar-refractivity contribution in [1.82, 2.24) is 9.78 Å². The zero-order valence-electron chi connectivity index (χ0n) is 9.09. The summed E-state index contributed by atoms with van der Waals surface area (Å²) in [6.07, 6.45) is 3.34. The van der Waals surface area contributed by atoms with E-state index in [2.05, 4.69) is 5.10 Å². The Hall–Kier alpha value is -0.830. The van der Waals surface area contributed by atoms with Gasteiger partial charge in [0.15, 0.2) is 0 Å². The van der Waals surface area contributed by atoms with Gasteiger partial charge in [-0.1, -0.05) is 11.6 Å². The molecule has 0 amide bonds. The van der Waals surface area contributed by atoms with Crippen LogP contribution in [-0.2, 0) is 4.79 Å². The molecule has 1 aromatic rings. The standard InChI is InChI=1S/C11H15ClN2O/c1-7-11(12)8(2)14(13-7)9-4-3-5-10(15)6-9/h9H,3-6H2,1-2H3. The fraction of sp³-hybridized carbons (Fsp3) is 0.636. The van der Waals surface area contributed by atoms with Crippen LogP contribution in [0.2, 0.25) is 5.02 Å². The van der Waals surface area contributed by atoms with Crippen molar-refractivity contribution in [3.8, 4) is 0 Å². The number of carbonyl (C=O) groups excluding carboxylic acids is 1. The van der Waals surface area contributed by atoms with Gasteiger partial charge in [-0.25, -0.2) is 0 Å². The third-order valence-corrected chi connectivity index (χ3v) is 3.59. The minimum absolute atomic E-state index is 0.220. The molecule has 0 spiro atoms. The molecule has 82 valence electrons. The van der Waals surface area contributed by atoms with E-state index in [9.17, 15) is 4.79 Å². The second-order valence-corrected chi connectivity index (χ2v) is 4.60. The molecule has 0 aliphatic heterocycles. The molecule has 1 heterocycles. The Labute approximate surface area is 94.4 Å². The van der Waals surface area contributed by atoms with Gasteiger partial charge in [0.2, 0.25) is 0 Å². The highest BCUT2D eigenvalue weighted by Crippen LogP contribution is 2.30. The Balaban J connectivity index is 2.28. The molecular weight excluding hydrogens is 212 g/mol. The van der Waals surface area contributed by atoms with Crippen molar-refractivity contribution >= 4 is 17.4 Å². The van der Waals surface area contributed by atoms with Crippen LogP contribution in [0, 0.1) is 13.8 Å². The number of nitrogens with zero attached hydrogens (tertiary/aromatic N) is 2. The molecule has 1 aliphatic rings. The molecule has 0 saturated heterocycles. The summed E-state index contributed by atoms with van der Waals surface area (Å²) >= 11 is 6.09. The molecule has 0 N–H and O–H groups in total. The second kappa shape index (κ2) is 3.97. The van der Waals surface area contributed by atoms with Crippen molar-refractivity contribution in [1.29, 1.82) is 0 Å². The highest BCUT2D eigenvalue weighted by atomic mass is 35.5. The average Bonchev–Trinajstić information content (AvgIpc) is 2.46. The summed E-state index contributed by atoms with van der Waals surface area (Å²) in [5.74, 6) is 0.343. The SMILES string of the molecule is Cc1nn(C2CCCC(=O)C2)c(C)c1Cl. The maximum absolute atomic E-state index is 11.4. The van der Waals surface area contributed by atoms with E-state index in [-0.39, 0.29) is 6.04 Å². The smallest absolute Gasteiger partial charge is 0.135 e. The van der Waals surface area contributed by atoms with Crippen molar-refractivity contribution in [2.24, 2.45) is 0 Å². The average molecular weight is 227 g/mol. The van der Waals surface area contributed by atoms with E-state index in [1.165, 1.54) is 0 Å². The topological polar surface area (TPSA) is 34.9 Å². The van der Waals surface area contributed by atoms with Crippen LogP contribution in [0.15, 0.2) is 0 Å². The van der Waals surface area contributed by atoms with Crippen molar-refractivity contribution in [3.63, 3.8) is 0 Å². The molecule has 2 rings (SSSR count). The van der Waals surface area contributed by atoms with Crippen LogP contribution in [-0.4, -0.2) is 15.6 Å². The quantitative estimate of drug-likeness (QED) is 0.738. The van der Waals surface area contributed by atoms with E-state index in [0.717, 1.165) is 35.7 Å². The molecule has 1 fully saturated rings. The molecule has 1 saturated carbocycles. The van der Waals surface area contributed by atoms with Gasteiger partial charge in [0, 0.05) is 12.8 Å². The summed E-state index contributed by atoms with van der Waals surface area (Å²) in [7, 11) is 0. The first kappa shape index (κ1) is 10.7. The fourth-order valence-electron chi connectivity index (χ4n) is 2.21. The van der Waals surface area contributed by atoms with Gasteiger partial charge in [0.25, 0.3) is 0 Å². The fourth-order valence-corrected chi connectivity index (χ4v) is 2.33. The number of ketones is 1. The lowest BCUT2D eigenvalue weighted by molar-refractivity contribution is -0.121. The van der Waals surface area contributed by atoms with Crippen molar-refractivity contribution < 1.29 is 4.79 Å². The van der Waals surface area contributed by atoms with Gasteiger partial charge < -0.3 is 0 Å². The zero-order chi connectivity index (χ0) is 11.0. The number of rotatable bonds is 1. The third-order valence-electron chi connectivity index (χ3n) is 3.04. The molecule has 15 heavy (non-hydrogen) atoms. The van der Waals surface area contributed by atoms with Crippen molar-refractivity contribution in [3.05, 3.63) is 16.4 Å². The predicted octanol–water partition coefficient (Wildman–Crippen LogP) is 2.84. The summed E-state index contributed by atoms with van der Waals surface area (Å²) in [6.45, 7) is 3.86. The van der Waals surface area contributed by atoms with Gasteiger partial charge in [-0.15, -0.1) is 0 Å². The van der Waals surface area contributed by atoms with Crippen LogP contribution in [0.3, 0.4) is 0 Å². The van der Waals surface area contributed by atoms with Crippen LogP contribution >= 0.6 is 11.6 Å². The van der Waals surface area contributed by atoms with E-state index in [4.69, 9.17) is 11.6 Å². The van der Waals surface area contributed by atoms with Crippen LogP contribution in [0.25, 0.3) is 0 Å². The maximum Gasteiger partial charge on any atom is 0.135 e. The normalized spacial score (nSPS) is 22.1. The minimum atomic E-state index is 0.220. The molecule has 3 nitrogen and oxygen atoms in total. The number of Topliss-reactive ketones (excluding diaryl/α,β-unsaturated/α-hetero) is 1. The Bertz CT molecular complexity index is 398. The first-order valence-electron chi connectivity index (χ1n) is 5.32. The first-order valence-corrected chi connectivity index (χ1v) is 5.70. The summed E-state index contributed by atoms with van der Waals surface area (Å²) in [4.78, 5) is 11.4. The monoisotopic (exact) mass is 226 g/mol. The Morgan fingerprint density at radius 3 is 2.73 bits per heavy atom. The number of aryl methyl sites for hydroxylation is 1. The molecule has 0 bridgehead atoms. The second-order valence-electron chi connectivity index (χ2n) is 4.22. The van der Waals surface area contributed by atoms with Gasteiger partial charge in [0.05, 0.1) is 22.5 Å². The largest absolute Gasteiger partial charge is 0.300 e. The predicted molar refractivity (Wildman–Crippen MR) is 59.2 cm³/mol. The lowest BCUT2D eigenvalue weighted by atomic mass is 9.94. The van der Waals surface area contributed by atoms with Crippen molar-refractivity contribution in [2.45, 2.75) is 45.6 Å². The van der Waals surface area contributed by atoms with Crippen LogP contribution < -0.4 is 0 Å². The minimum Gasteiger partial charge on any atom is -0.300 e. The van der Waals surface area contributed by atoms with Crippen LogP contribution in [0.5, 0.6) is 0 Å². The molecule has 0 aromatic carbocycles. The molecule has 1 aliphatic carbocycles. The van der Waals surface area contributed by atoms with Gasteiger partial charge >= 0.3 is 0 Å². The van der Waals surface area contributed by atoms with Crippen molar-refractivity contribution in [2.75, 3.05) is 0 Å². The highest BCUT2D eigenvalue weighted by molar-refractivity contribution is 6.31. The van der Waals surface area contributed by atoms with E-state index >= 15 is 0 Å². The van der Waals surface area contributed by atoms with Gasteiger partial charge in [0.1, 0.15) is 5.78 Å². The van der Waals surface area contributed by atoms with Gasteiger partial charge in [-0.05, 0) is 26.7 Å². The Kier molecular flexibility index (Phi) is 2.83. The highest BCUT2D eigenvalue weighted by Gasteiger charge is 2.24. The lowest BCUT2D eigenvalue weighted by Gasteiger charge is -2.22. The number of hydrogen-bond acceptors (Lipinski definition) is 2. The molecule has 1 unspecified atom stereocenters. The number of hydrogen-bond donors (Lipinski definition) is 0. The zero-order valence-corrected chi connectivity index (χ0v) is 9.84. The summed E-state index contributed by atoms with van der Waals surface area (Å²) < 4.78 is 1.93. The molecule has 4 heteroatoms. The molecule has 1 atom stereocenters. The van der Waals surface area contributed by atoms with E-state index in [1.807, 2.05) is 18.5 Å². The van der Waals surface area contributed by atoms with E-state index in [1.54, 1.807) is 0 Å². The summed E-state index contributed by atoms with van der Waals surface area (Å²) in [5.41, 5.74) is 1.83. The summed E-state index contributed by atoms with van der Waals surface area (Å²) in [6, 6.07) is 0.220. The van der Waals surface area contributed by atoms with Crippen LogP contribution in [0.1, 0.15) is 43.1 Å². The van der Waals surface area contributed by atoms with Crippen LogP contribution in [0.4, 0.5) is 0 Å². The molecular formula is C11H15ClN2O. The van der Waals surface area contributed by atoms with Gasteiger partial charge in [-0.3, -0.25) is 9.48 Å².